The summed E-state index contributed by atoms with van der Waals surface area (Å²) in [6.07, 6.45) is 4.31. The number of hydrogen-bond acceptors (Lipinski definition) is 3. The molecule has 0 amide bonds. The lowest BCUT2D eigenvalue weighted by atomic mass is 9.86. The van der Waals surface area contributed by atoms with E-state index < -0.39 is 5.60 Å². The van der Waals surface area contributed by atoms with Crippen LogP contribution in [0.15, 0.2) is 12.3 Å². The second-order valence-electron chi connectivity index (χ2n) is 5.51. The average Bonchev–Trinajstić information content (AvgIpc) is 2.63. The highest BCUT2D eigenvalue weighted by atomic mass is 16.3. The first-order valence-electron chi connectivity index (χ1n) is 6.43. The summed E-state index contributed by atoms with van der Waals surface area (Å²) in [6.45, 7) is 6.40. The molecule has 4 nitrogen and oxygen atoms in total. The molecule has 1 aliphatic rings. The van der Waals surface area contributed by atoms with Crippen molar-refractivity contribution in [2.75, 3.05) is 13.1 Å². The van der Waals surface area contributed by atoms with E-state index in [0.29, 0.717) is 12.5 Å². The van der Waals surface area contributed by atoms with Crippen molar-refractivity contribution in [3.8, 4) is 0 Å². The molecule has 1 aliphatic heterocycles. The van der Waals surface area contributed by atoms with E-state index in [1.165, 1.54) is 0 Å². The van der Waals surface area contributed by atoms with E-state index in [-0.39, 0.29) is 0 Å². The van der Waals surface area contributed by atoms with Crippen LogP contribution in [0.3, 0.4) is 0 Å². The van der Waals surface area contributed by atoms with E-state index in [1.807, 2.05) is 19.3 Å². The monoisotopic (exact) mass is 237 g/mol. The fourth-order valence-corrected chi connectivity index (χ4v) is 2.53. The van der Waals surface area contributed by atoms with E-state index in [0.717, 1.165) is 31.6 Å². The van der Waals surface area contributed by atoms with Gasteiger partial charge in [-0.1, -0.05) is 0 Å². The Morgan fingerprint density at radius 3 is 2.53 bits per heavy atom. The van der Waals surface area contributed by atoms with E-state index >= 15 is 0 Å². The molecule has 1 aromatic heterocycles. The first-order valence-corrected chi connectivity index (χ1v) is 6.43. The Bertz CT molecular complexity index is 364. The van der Waals surface area contributed by atoms with Crippen molar-refractivity contribution in [1.29, 1.82) is 0 Å². The van der Waals surface area contributed by atoms with E-state index in [4.69, 9.17) is 0 Å². The van der Waals surface area contributed by atoms with Gasteiger partial charge in [-0.15, -0.1) is 0 Å². The Morgan fingerprint density at radius 2 is 2.06 bits per heavy atom. The normalized spacial score (nSPS) is 21.0. The fraction of sp³-hybridized carbons (Fsp3) is 0.769. The molecule has 96 valence electrons. The molecule has 2 rings (SSSR count). The molecule has 1 aromatic rings. The molecule has 0 radical (unpaired) electrons. The maximum Gasteiger partial charge on any atom is 0.0728 e. The van der Waals surface area contributed by atoms with Gasteiger partial charge in [0.1, 0.15) is 0 Å². The number of piperidine rings is 1. The quantitative estimate of drug-likeness (QED) is 0.859. The molecule has 0 aromatic carbocycles. The van der Waals surface area contributed by atoms with Crippen LogP contribution in [-0.2, 0) is 13.5 Å². The molecular weight excluding hydrogens is 214 g/mol. The van der Waals surface area contributed by atoms with Gasteiger partial charge in [0.05, 0.1) is 11.3 Å². The molecule has 0 aliphatic carbocycles. The van der Waals surface area contributed by atoms with Crippen LogP contribution in [0.5, 0.6) is 0 Å². The van der Waals surface area contributed by atoms with E-state index in [2.05, 4.69) is 23.8 Å². The molecule has 2 heterocycles. The summed E-state index contributed by atoms with van der Waals surface area (Å²) in [5.41, 5.74) is 0.438. The van der Waals surface area contributed by atoms with Crippen LogP contribution in [0.25, 0.3) is 0 Å². The standard InChI is InChI=1S/C13H23N3O/c1-11(2)16-8-5-13(17,6-9-16)10-12-4-7-15(3)14-12/h4,7,11,17H,5-6,8-10H2,1-3H3. The number of rotatable bonds is 3. The third-order valence-electron chi connectivity index (χ3n) is 3.74. The second-order valence-corrected chi connectivity index (χ2v) is 5.51. The lowest BCUT2D eigenvalue weighted by Gasteiger charge is -2.39. The zero-order valence-corrected chi connectivity index (χ0v) is 11.1. The molecule has 17 heavy (non-hydrogen) atoms. The van der Waals surface area contributed by atoms with Gasteiger partial charge in [-0.2, -0.15) is 5.10 Å². The van der Waals surface area contributed by atoms with Crippen molar-refractivity contribution < 1.29 is 5.11 Å². The van der Waals surface area contributed by atoms with Crippen LogP contribution >= 0.6 is 0 Å². The topological polar surface area (TPSA) is 41.3 Å². The Morgan fingerprint density at radius 1 is 1.41 bits per heavy atom. The number of aromatic nitrogens is 2. The summed E-state index contributed by atoms with van der Waals surface area (Å²) < 4.78 is 1.79. The summed E-state index contributed by atoms with van der Waals surface area (Å²) in [5.74, 6) is 0. The second kappa shape index (κ2) is 4.78. The molecular formula is C13H23N3O. The lowest BCUT2D eigenvalue weighted by Crippen LogP contribution is -2.47. The van der Waals surface area contributed by atoms with Crippen LogP contribution in [0.2, 0.25) is 0 Å². The number of aryl methyl sites for hydroxylation is 1. The van der Waals surface area contributed by atoms with Gasteiger partial charge in [-0.25, -0.2) is 0 Å². The van der Waals surface area contributed by atoms with Gasteiger partial charge >= 0.3 is 0 Å². The van der Waals surface area contributed by atoms with E-state index in [9.17, 15) is 5.11 Å². The highest BCUT2D eigenvalue weighted by molar-refractivity contribution is 5.05. The summed E-state index contributed by atoms with van der Waals surface area (Å²) in [5, 5.41) is 14.9. The van der Waals surface area contributed by atoms with Gasteiger partial charge in [-0.05, 0) is 32.8 Å². The summed E-state index contributed by atoms with van der Waals surface area (Å²) in [7, 11) is 1.91. The molecule has 1 N–H and O–H groups in total. The van der Waals surface area contributed by atoms with Gasteiger partial charge in [0.15, 0.2) is 0 Å². The van der Waals surface area contributed by atoms with Gasteiger partial charge in [-0.3, -0.25) is 4.68 Å². The van der Waals surface area contributed by atoms with Gasteiger partial charge in [0, 0.05) is 38.8 Å². The first-order chi connectivity index (χ1) is 7.98. The molecule has 0 spiro atoms. The van der Waals surface area contributed by atoms with E-state index in [1.54, 1.807) is 4.68 Å². The minimum atomic E-state index is -0.556. The minimum Gasteiger partial charge on any atom is -0.389 e. The number of nitrogens with zero attached hydrogens (tertiary/aromatic N) is 3. The van der Waals surface area contributed by atoms with Crippen molar-refractivity contribution >= 4 is 0 Å². The third-order valence-corrected chi connectivity index (χ3v) is 3.74. The largest absolute Gasteiger partial charge is 0.389 e. The smallest absolute Gasteiger partial charge is 0.0728 e. The van der Waals surface area contributed by atoms with Crippen LogP contribution in [0.4, 0.5) is 0 Å². The zero-order valence-electron chi connectivity index (χ0n) is 11.1. The third kappa shape index (κ3) is 3.07. The lowest BCUT2D eigenvalue weighted by molar-refractivity contribution is -0.0278. The van der Waals surface area contributed by atoms with Crippen LogP contribution < -0.4 is 0 Å². The zero-order chi connectivity index (χ0) is 12.5. The maximum absolute atomic E-state index is 10.6. The van der Waals surface area contributed by atoms with Crippen LogP contribution in [0.1, 0.15) is 32.4 Å². The highest BCUT2D eigenvalue weighted by Gasteiger charge is 2.33. The summed E-state index contributed by atoms with van der Waals surface area (Å²) >= 11 is 0. The van der Waals surface area contributed by atoms with Crippen molar-refractivity contribution in [2.24, 2.45) is 7.05 Å². The summed E-state index contributed by atoms with van der Waals surface area (Å²) in [4.78, 5) is 2.42. The Kier molecular flexibility index (Phi) is 3.54. The molecule has 1 saturated heterocycles. The Hall–Kier alpha value is -0.870. The van der Waals surface area contributed by atoms with Crippen LogP contribution in [-0.4, -0.2) is 44.5 Å². The highest BCUT2D eigenvalue weighted by Crippen LogP contribution is 2.26. The average molecular weight is 237 g/mol. The Balaban J connectivity index is 1.93. The number of likely N-dealkylation sites (tertiary alicyclic amines) is 1. The van der Waals surface area contributed by atoms with Gasteiger partial charge < -0.3 is 10.0 Å². The van der Waals surface area contributed by atoms with Gasteiger partial charge in [0.25, 0.3) is 0 Å². The van der Waals surface area contributed by atoms with Crippen molar-refractivity contribution in [2.45, 2.75) is 44.8 Å². The minimum absolute atomic E-state index is 0.556. The molecule has 1 fully saturated rings. The molecule has 0 bridgehead atoms. The predicted molar refractivity (Wildman–Crippen MR) is 67.8 cm³/mol. The predicted octanol–water partition coefficient (Wildman–Crippen LogP) is 1.20. The fourth-order valence-electron chi connectivity index (χ4n) is 2.53. The van der Waals surface area contributed by atoms with Gasteiger partial charge in [0.2, 0.25) is 0 Å². The Labute approximate surface area is 103 Å². The molecule has 4 heteroatoms. The molecule has 0 unspecified atom stereocenters. The maximum atomic E-state index is 10.6. The molecule has 0 saturated carbocycles. The number of hydrogen-bond donors (Lipinski definition) is 1. The van der Waals surface area contributed by atoms with Crippen molar-refractivity contribution in [3.05, 3.63) is 18.0 Å². The van der Waals surface area contributed by atoms with Crippen molar-refractivity contribution in [1.82, 2.24) is 14.7 Å². The summed E-state index contributed by atoms with van der Waals surface area (Å²) in [6, 6.07) is 2.57. The van der Waals surface area contributed by atoms with Crippen LogP contribution in [0, 0.1) is 0 Å². The molecule has 0 atom stereocenters. The van der Waals surface area contributed by atoms with Crippen molar-refractivity contribution in [3.63, 3.8) is 0 Å². The number of aliphatic hydroxyl groups is 1. The SMILES string of the molecule is CC(C)N1CCC(O)(Cc2ccn(C)n2)CC1. The first kappa shape index (κ1) is 12.6.